The Morgan fingerprint density at radius 1 is 1.31 bits per heavy atom. The summed E-state index contributed by atoms with van der Waals surface area (Å²) in [5, 5.41) is 0.812. The first-order valence-corrected chi connectivity index (χ1v) is 6.04. The zero-order valence-corrected chi connectivity index (χ0v) is 10.6. The van der Waals surface area contributed by atoms with E-state index in [0.29, 0.717) is 0 Å². The van der Waals surface area contributed by atoms with Gasteiger partial charge in [-0.1, -0.05) is 17.5 Å². The second-order valence-corrected chi connectivity index (χ2v) is 5.02. The van der Waals surface area contributed by atoms with Crippen LogP contribution in [0.2, 0.25) is 5.02 Å². The molecule has 80 valence electrons. The fourth-order valence-electron chi connectivity index (χ4n) is 1.39. The minimum absolute atomic E-state index is 0.812. The van der Waals surface area contributed by atoms with E-state index in [2.05, 4.69) is 16.8 Å². The average Bonchev–Trinajstić information content (AvgIpc) is 2.60. The highest BCUT2D eigenvalue weighted by Gasteiger charge is 2.06. The number of hydrogen-bond acceptors (Lipinski definition) is 2. The fraction of sp³-hybridized carbons (Fsp3) is 0.154. The lowest BCUT2D eigenvalue weighted by atomic mass is 10.2. The molecule has 0 spiro atoms. The van der Waals surface area contributed by atoms with Crippen molar-refractivity contribution in [3.05, 3.63) is 40.0 Å². The van der Waals surface area contributed by atoms with Crippen molar-refractivity contribution in [2.24, 2.45) is 0 Å². The van der Waals surface area contributed by atoms with Crippen molar-refractivity contribution >= 4 is 22.9 Å². The van der Waals surface area contributed by atoms with E-state index in [9.17, 15) is 0 Å². The second-order valence-electron chi connectivity index (χ2n) is 3.35. The first-order valence-electron chi connectivity index (χ1n) is 4.85. The highest BCUT2D eigenvalue weighted by atomic mass is 35.5. The molecule has 0 atom stereocenters. The maximum atomic E-state index is 6.04. The summed E-state index contributed by atoms with van der Waals surface area (Å²) in [6.45, 7) is 3.83. The van der Waals surface area contributed by atoms with Gasteiger partial charge in [-0.15, -0.1) is 17.3 Å². The molecule has 0 radical (unpaired) electrons. The van der Waals surface area contributed by atoms with Gasteiger partial charge in [-0.2, -0.15) is 0 Å². The average molecular weight is 248 g/mol. The van der Waals surface area contributed by atoms with Crippen molar-refractivity contribution in [2.75, 3.05) is 0 Å². The van der Waals surface area contributed by atoms with E-state index in [1.807, 2.05) is 32.2 Å². The number of pyridine rings is 1. The molecule has 3 heteroatoms. The Bertz CT molecular complexity index is 556. The normalized spacial score (nSPS) is 9.69. The molecule has 1 nitrogen and oxygen atoms in total. The summed E-state index contributed by atoms with van der Waals surface area (Å²) >= 11 is 7.72. The molecule has 0 aromatic carbocycles. The molecule has 0 amide bonds. The van der Waals surface area contributed by atoms with Gasteiger partial charge in [0, 0.05) is 33.3 Å². The molecule has 2 aromatic rings. The summed E-state index contributed by atoms with van der Waals surface area (Å²) in [6, 6.07) is 4.01. The maximum absolute atomic E-state index is 6.04. The number of rotatable bonds is 1. The Labute approximate surface area is 104 Å². The first-order chi connectivity index (χ1) is 7.70. The Balaban J connectivity index is 2.46. The van der Waals surface area contributed by atoms with Gasteiger partial charge in [0.2, 0.25) is 0 Å². The van der Waals surface area contributed by atoms with E-state index >= 15 is 0 Å². The summed E-state index contributed by atoms with van der Waals surface area (Å²) < 4.78 is 0. The molecule has 0 saturated carbocycles. The Morgan fingerprint density at radius 3 is 2.75 bits per heavy atom. The molecule has 0 aliphatic heterocycles. The Morgan fingerprint density at radius 2 is 2.12 bits per heavy atom. The van der Waals surface area contributed by atoms with Crippen LogP contribution in [0, 0.1) is 18.8 Å². The summed E-state index contributed by atoms with van der Waals surface area (Å²) in [6.07, 6.45) is 3.60. The van der Waals surface area contributed by atoms with E-state index in [1.54, 1.807) is 17.5 Å². The van der Waals surface area contributed by atoms with E-state index in [1.165, 1.54) is 0 Å². The monoisotopic (exact) mass is 247 g/mol. The molecule has 2 heterocycles. The standard InChI is InChI=1S/C13H10ClNS/c1-3-4-10-5-11(8-15-7-10)13-6-12(14)9(2)16-13/h5-8H,1-2H3. The van der Waals surface area contributed by atoms with E-state index < -0.39 is 0 Å². The molecule has 0 bridgehead atoms. The highest BCUT2D eigenvalue weighted by molar-refractivity contribution is 7.16. The first kappa shape index (κ1) is 11.2. The topological polar surface area (TPSA) is 12.9 Å². The largest absolute Gasteiger partial charge is 0.263 e. The maximum Gasteiger partial charge on any atom is 0.0548 e. The van der Waals surface area contributed by atoms with Crippen LogP contribution >= 0.6 is 22.9 Å². The van der Waals surface area contributed by atoms with Crippen LogP contribution in [0.5, 0.6) is 0 Å². The van der Waals surface area contributed by atoms with Crippen LogP contribution in [-0.2, 0) is 0 Å². The van der Waals surface area contributed by atoms with Crippen LogP contribution in [0.1, 0.15) is 17.4 Å². The van der Waals surface area contributed by atoms with E-state index in [0.717, 1.165) is 25.9 Å². The molecule has 0 fully saturated rings. The fourth-order valence-corrected chi connectivity index (χ4v) is 2.57. The van der Waals surface area contributed by atoms with Crippen LogP contribution in [0.15, 0.2) is 24.5 Å². The number of aromatic nitrogens is 1. The lowest BCUT2D eigenvalue weighted by Gasteiger charge is -1.96. The number of thiophene rings is 1. The lowest BCUT2D eigenvalue weighted by Crippen LogP contribution is -1.80. The van der Waals surface area contributed by atoms with Crippen LogP contribution in [0.25, 0.3) is 10.4 Å². The van der Waals surface area contributed by atoms with Gasteiger partial charge in [0.15, 0.2) is 0 Å². The second kappa shape index (κ2) is 4.69. The molecular weight excluding hydrogens is 238 g/mol. The van der Waals surface area contributed by atoms with Crippen LogP contribution < -0.4 is 0 Å². The summed E-state index contributed by atoms with van der Waals surface area (Å²) in [5.41, 5.74) is 2.00. The number of nitrogens with zero attached hydrogens (tertiary/aromatic N) is 1. The third kappa shape index (κ3) is 2.27. The Kier molecular flexibility index (Phi) is 3.28. The molecule has 0 aliphatic rings. The molecule has 0 N–H and O–H groups in total. The molecule has 2 rings (SSSR count). The van der Waals surface area contributed by atoms with Gasteiger partial charge in [0.25, 0.3) is 0 Å². The summed E-state index contributed by atoms with van der Waals surface area (Å²) in [5.74, 6) is 5.86. The van der Waals surface area contributed by atoms with Crippen LogP contribution in [-0.4, -0.2) is 4.98 Å². The zero-order chi connectivity index (χ0) is 11.5. The van der Waals surface area contributed by atoms with Gasteiger partial charge in [-0.3, -0.25) is 4.98 Å². The summed E-state index contributed by atoms with van der Waals surface area (Å²) in [4.78, 5) is 6.44. The van der Waals surface area contributed by atoms with Crippen molar-refractivity contribution in [2.45, 2.75) is 13.8 Å². The summed E-state index contributed by atoms with van der Waals surface area (Å²) in [7, 11) is 0. The van der Waals surface area contributed by atoms with E-state index in [4.69, 9.17) is 11.6 Å². The predicted octanol–water partition coefficient (Wildman–Crippen LogP) is 4.14. The number of hydrogen-bond donors (Lipinski definition) is 0. The smallest absolute Gasteiger partial charge is 0.0548 e. The number of halogens is 1. The molecule has 0 saturated heterocycles. The van der Waals surface area contributed by atoms with Crippen molar-refractivity contribution in [1.82, 2.24) is 4.98 Å². The molecule has 16 heavy (non-hydrogen) atoms. The van der Waals surface area contributed by atoms with Crippen molar-refractivity contribution in [3.63, 3.8) is 0 Å². The predicted molar refractivity (Wildman–Crippen MR) is 69.8 cm³/mol. The quantitative estimate of drug-likeness (QED) is 0.690. The lowest BCUT2D eigenvalue weighted by molar-refractivity contribution is 1.32. The molecule has 2 aromatic heterocycles. The molecule has 0 aliphatic carbocycles. The molecular formula is C13H10ClNS. The Hall–Kier alpha value is -1.30. The third-order valence-electron chi connectivity index (χ3n) is 2.15. The van der Waals surface area contributed by atoms with Crippen LogP contribution in [0.4, 0.5) is 0 Å². The molecule has 0 unspecified atom stereocenters. The van der Waals surface area contributed by atoms with Gasteiger partial charge < -0.3 is 0 Å². The van der Waals surface area contributed by atoms with E-state index in [-0.39, 0.29) is 0 Å². The van der Waals surface area contributed by atoms with Gasteiger partial charge in [-0.05, 0) is 26.0 Å². The highest BCUT2D eigenvalue weighted by Crippen LogP contribution is 2.33. The number of aryl methyl sites for hydroxylation is 1. The SMILES string of the molecule is CC#Cc1cncc(-c2cc(Cl)c(C)s2)c1. The minimum Gasteiger partial charge on any atom is -0.263 e. The van der Waals surface area contributed by atoms with Gasteiger partial charge in [0.05, 0.1) is 5.02 Å². The van der Waals surface area contributed by atoms with Crippen molar-refractivity contribution < 1.29 is 0 Å². The third-order valence-corrected chi connectivity index (χ3v) is 3.75. The van der Waals surface area contributed by atoms with Gasteiger partial charge in [-0.25, -0.2) is 0 Å². The minimum atomic E-state index is 0.812. The van der Waals surface area contributed by atoms with Crippen molar-refractivity contribution in [1.29, 1.82) is 0 Å². The van der Waals surface area contributed by atoms with Gasteiger partial charge in [0.1, 0.15) is 0 Å². The van der Waals surface area contributed by atoms with Gasteiger partial charge >= 0.3 is 0 Å². The van der Waals surface area contributed by atoms with Crippen LogP contribution in [0.3, 0.4) is 0 Å². The zero-order valence-electron chi connectivity index (χ0n) is 9.04. The van der Waals surface area contributed by atoms with Crippen molar-refractivity contribution in [3.8, 4) is 22.3 Å².